The molecule has 0 amide bonds. The monoisotopic (exact) mass is 342 g/mol. The summed E-state index contributed by atoms with van der Waals surface area (Å²) in [6.45, 7) is 0. The van der Waals surface area contributed by atoms with Gasteiger partial charge in [-0.25, -0.2) is 0 Å². The van der Waals surface area contributed by atoms with Crippen molar-refractivity contribution < 1.29 is 4.92 Å². The van der Waals surface area contributed by atoms with E-state index in [9.17, 15) is 10.1 Å². The Balaban J connectivity index is 1.88. The molecule has 26 heavy (non-hydrogen) atoms. The molecule has 0 unspecified atom stereocenters. The van der Waals surface area contributed by atoms with Gasteiger partial charge < -0.3 is 4.57 Å². The predicted molar refractivity (Wildman–Crippen MR) is 104 cm³/mol. The number of aromatic nitrogens is 1. The Hall–Kier alpha value is -3.40. The molecule has 1 aromatic heterocycles. The third-order valence-electron chi connectivity index (χ3n) is 4.65. The molecule has 0 aliphatic carbocycles. The first-order valence-corrected chi connectivity index (χ1v) is 8.48. The van der Waals surface area contributed by atoms with Gasteiger partial charge in [-0.3, -0.25) is 10.1 Å². The maximum atomic E-state index is 11.2. The van der Waals surface area contributed by atoms with Crippen molar-refractivity contribution in [3.8, 4) is 11.1 Å². The maximum Gasteiger partial charge on any atom is 0.270 e. The standard InChI is InChI=1S/C22H18N2O2/c1-23-11-10-19-13-17(12-16-6-3-2-4-7-16)14-21(22(19)23)18-8-5-9-20(15-18)24(25)26/h2-11,13-15H,12H2,1H3. The van der Waals surface area contributed by atoms with E-state index in [0.29, 0.717) is 0 Å². The fourth-order valence-electron chi connectivity index (χ4n) is 3.45. The van der Waals surface area contributed by atoms with Gasteiger partial charge in [-0.2, -0.15) is 0 Å². The number of fused-ring (bicyclic) bond motifs is 1. The highest BCUT2D eigenvalue weighted by molar-refractivity contribution is 5.95. The topological polar surface area (TPSA) is 48.1 Å². The molecule has 4 nitrogen and oxygen atoms in total. The summed E-state index contributed by atoms with van der Waals surface area (Å²) in [5.74, 6) is 0. The summed E-state index contributed by atoms with van der Waals surface area (Å²) in [4.78, 5) is 10.8. The van der Waals surface area contributed by atoms with Crippen LogP contribution in [0.5, 0.6) is 0 Å². The van der Waals surface area contributed by atoms with Crippen LogP contribution in [-0.2, 0) is 13.5 Å². The minimum Gasteiger partial charge on any atom is -0.350 e. The molecule has 0 N–H and O–H groups in total. The quantitative estimate of drug-likeness (QED) is 0.371. The fourth-order valence-corrected chi connectivity index (χ4v) is 3.45. The zero-order valence-electron chi connectivity index (χ0n) is 14.4. The zero-order chi connectivity index (χ0) is 18.1. The highest BCUT2D eigenvalue weighted by Crippen LogP contribution is 2.33. The molecule has 4 rings (SSSR count). The minimum absolute atomic E-state index is 0.110. The zero-order valence-corrected chi connectivity index (χ0v) is 14.4. The average molecular weight is 342 g/mol. The Bertz CT molecular complexity index is 1100. The molecule has 1 heterocycles. The number of nitro groups is 1. The first-order chi connectivity index (χ1) is 12.6. The SMILES string of the molecule is Cn1ccc2cc(Cc3ccccc3)cc(-c3cccc([N+](=O)[O-])c3)c21. The van der Waals surface area contributed by atoms with Gasteiger partial charge in [0, 0.05) is 36.3 Å². The second-order valence-electron chi connectivity index (χ2n) is 6.48. The second kappa shape index (κ2) is 6.48. The highest BCUT2D eigenvalue weighted by atomic mass is 16.6. The lowest BCUT2D eigenvalue weighted by Gasteiger charge is -2.11. The molecule has 3 aromatic carbocycles. The van der Waals surface area contributed by atoms with Crippen molar-refractivity contribution in [2.75, 3.05) is 0 Å². The van der Waals surface area contributed by atoms with Gasteiger partial charge >= 0.3 is 0 Å². The maximum absolute atomic E-state index is 11.2. The van der Waals surface area contributed by atoms with E-state index in [1.807, 2.05) is 37.5 Å². The molecular weight excluding hydrogens is 324 g/mol. The molecule has 0 atom stereocenters. The van der Waals surface area contributed by atoms with Crippen LogP contribution in [0.3, 0.4) is 0 Å². The first kappa shape index (κ1) is 16.1. The number of hydrogen-bond acceptors (Lipinski definition) is 2. The van der Waals surface area contributed by atoms with Gasteiger partial charge in [-0.05, 0) is 41.3 Å². The largest absolute Gasteiger partial charge is 0.350 e. The molecule has 0 bridgehead atoms. The van der Waals surface area contributed by atoms with Gasteiger partial charge in [0.1, 0.15) is 0 Å². The summed E-state index contributed by atoms with van der Waals surface area (Å²) >= 11 is 0. The summed E-state index contributed by atoms with van der Waals surface area (Å²) in [5.41, 5.74) is 5.51. The molecule has 4 aromatic rings. The minimum atomic E-state index is -0.348. The van der Waals surface area contributed by atoms with Crippen molar-refractivity contribution in [2.24, 2.45) is 7.05 Å². The van der Waals surface area contributed by atoms with Crippen molar-refractivity contribution in [3.05, 3.63) is 100 Å². The Labute approximate surface area is 151 Å². The highest BCUT2D eigenvalue weighted by Gasteiger charge is 2.13. The lowest BCUT2D eigenvalue weighted by Crippen LogP contribution is -1.94. The Morgan fingerprint density at radius 3 is 2.50 bits per heavy atom. The van der Waals surface area contributed by atoms with Crippen LogP contribution < -0.4 is 0 Å². The Morgan fingerprint density at radius 1 is 0.923 bits per heavy atom. The van der Waals surface area contributed by atoms with E-state index in [1.54, 1.807) is 12.1 Å². The second-order valence-corrected chi connectivity index (χ2v) is 6.48. The molecule has 0 radical (unpaired) electrons. The molecular formula is C22H18N2O2. The lowest BCUT2D eigenvalue weighted by atomic mass is 9.96. The van der Waals surface area contributed by atoms with Gasteiger partial charge in [0.15, 0.2) is 0 Å². The van der Waals surface area contributed by atoms with E-state index in [1.165, 1.54) is 17.2 Å². The number of benzene rings is 3. The number of hydrogen-bond donors (Lipinski definition) is 0. The molecule has 0 fully saturated rings. The van der Waals surface area contributed by atoms with E-state index in [0.717, 1.165) is 28.5 Å². The van der Waals surface area contributed by atoms with Crippen LogP contribution in [0, 0.1) is 10.1 Å². The summed E-state index contributed by atoms with van der Waals surface area (Å²) in [5, 5.41) is 12.3. The smallest absolute Gasteiger partial charge is 0.270 e. The van der Waals surface area contributed by atoms with Crippen molar-refractivity contribution in [2.45, 2.75) is 6.42 Å². The summed E-state index contributed by atoms with van der Waals surface area (Å²) in [6, 6.07) is 23.6. The van der Waals surface area contributed by atoms with Crippen molar-refractivity contribution in [1.29, 1.82) is 0 Å². The molecule has 128 valence electrons. The van der Waals surface area contributed by atoms with Crippen LogP contribution in [0.15, 0.2) is 79.0 Å². The molecule has 0 saturated heterocycles. The van der Waals surface area contributed by atoms with Crippen molar-refractivity contribution in [3.63, 3.8) is 0 Å². The Morgan fingerprint density at radius 2 is 1.73 bits per heavy atom. The lowest BCUT2D eigenvalue weighted by molar-refractivity contribution is -0.384. The molecule has 0 aliphatic heterocycles. The van der Waals surface area contributed by atoms with Crippen LogP contribution in [0.4, 0.5) is 5.69 Å². The molecule has 4 heteroatoms. The number of nitro benzene ring substituents is 1. The van der Waals surface area contributed by atoms with E-state index in [-0.39, 0.29) is 10.6 Å². The van der Waals surface area contributed by atoms with Crippen LogP contribution >= 0.6 is 0 Å². The van der Waals surface area contributed by atoms with E-state index >= 15 is 0 Å². The molecule has 0 spiro atoms. The van der Waals surface area contributed by atoms with Crippen LogP contribution in [0.1, 0.15) is 11.1 Å². The molecule has 0 aliphatic rings. The predicted octanol–water partition coefficient (Wildman–Crippen LogP) is 5.34. The number of rotatable bonds is 4. The van der Waals surface area contributed by atoms with Crippen molar-refractivity contribution in [1.82, 2.24) is 4.57 Å². The summed E-state index contributed by atoms with van der Waals surface area (Å²) < 4.78 is 2.07. The van der Waals surface area contributed by atoms with Gasteiger partial charge in [0.05, 0.1) is 10.4 Å². The normalized spacial score (nSPS) is 11.0. The molecule has 0 saturated carbocycles. The first-order valence-electron chi connectivity index (χ1n) is 8.48. The number of aryl methyl sites for hydroxylation is 1. The van der Waals surface area contributed by atoms with Gasteiger partial charge in [-0.15, -0.1) is 0 Å². The third-order valence-corrected chi connectivity index (χ3v) is 4.65. The van der Waals surface area contributed by atoms with Gasteiger partial charge in [0.2, 0.25) is 0 Å². The third kappa shape index (κ3) is 2.97. The van der Waals surface area contributed by atoms with E-state index in [4.69, 9.17) is 0 Å². The van der Waals surface area contributed by atoms with Crippen LogP contribution in [-0.4, -0.2) is 9.49 Å². The number of nitrogens with zero attached hydrogens (tertiary/aromatic N) is 2. The van der Waals surface area contributed by atoms with Crippen LogP contribution in [0.25, 0.3) is 22.0 Å². The van der Waals surface area contributed by atoms with Crippen LogP contribution in [0.2, 0.25) is 0 Å². The average Bonchev–Trinajstić information content (AvgIpc) is 3.03. The van der Waals surface area contributed by atoms with E-state index in [2.05, 4.69) is 34.9 Å². The summed E-state index contributed by atoms with van der Waals surface area (Å²) in [7, 11) is 2.00. The van der Waals surface area contributed by atoms with Gasteiger partial charge in [-0.1, -0.05) is 42.5 Å². The summed E-state index contributed by atoms with van der Waals surface area (Å²) in [6.07, 6.45) is 2.85. The fraction of sp³-hybridized carbons (Fsp3) is 0.0909. The Kier molecular flexibility index (Phi) is 4.01. The van der Waals surface area contributed by atoms with Gasteiger partial charge in [0.25, 0.3) is 5.69 Å². The van der Waals surface area contributed by atoms with Crippen molar-refractivity contribution >= 4 is 16.6 Å². The van der Waals surface area contributed by atoms with E-state index < -0.39 is 0 Å². The number of non-ortho nitro benzene ring substituents is 1.